The number of hydrogen-bond acceptors (Lipinski definition) is 6. The molecule has 104 valence electrons. The third-order valence-corrected chi connectivity index (χ3v) is 3.60. The molecule has 0 aromatic carbocycles. The highest BCUT2D eigenvalue weighted by Gasteiger charge is 2.13. The summed E-state index contributed by atoms with van der Waals surface area (Å²) in [5.41, 5.74) is 0. The van der Waals surface area contributed by atoms with Gasteiger partial charge in [-0.25, -0.2) is 0 Å². The zero-order valence-electron chi connectivity index (χ0n) is 11.4. The molecule has 0 saturated carbocycles. The lowest BCUT2D eigenvalue weighted by Gasteiger charge is -2.02. The molecule has 7 heteroatoms. The Morgan fingerprint density at radius 1 is 1.47 bits per heavy atom. The molecular formula is C12H18N4O2S. The van der Waals surface area contributed by atoms with Crippen molar-refractivity contribution < 1.29 is 9.26 Å². The van der Waals surface area contributed by atoms with Gasteiger partial charge in [-0.05, 0) is 19.6 Å². The van der Waals surface area contributed by atoms with Crippen LogP contribution in [0.1, 0.15) is 37.7 Å². The lowest BCUT2D eigenvalue weighted by molar-refractivity contribution is 0.242. The van der Waals surface area contributed by atoms with Gasteiger partial charge >= 0.3 is 0 Å². The lowest BCUT2D eigenvalue weighted by Crippen LogP contribution is -1.97. The zero-order valence-corrected chi connectivity index (χ0v) is 12.2. The number of rotatable bonds is 7. The number of thioether (sulfide) groups is 1. The Morgan fingerprint density at radius 3 is 3.00 bits per heavy atom. The predicted molar refractivity (Wildman–Crippen MR) is 73.1 cm³/mol. The van der Waals surface area contributed by atoms with Crippen LogP contribution in [0.25, 0.3) is 0 Å². The predicted octanol–water partition coefficient (Wildman–Crippen LogP) is 2.68. The maximum Gasteiger partial charge on any atom is 0.264 e. The molecule has 2 heterocycles. The number of ether oxygens (including phenoxy) is 1. The molecule has 6 nitrogen and oxygen atoms in total. The van der Waals surface area contributed by atoms with E-state index in [1.54, 1.807) is 22.6 Å². The minimum absolute atomic E-state index is 0.241. The molecule has 0 fully saturated rings. The van der Waals surface area contributed by atoms with E-state index in [1.807, 2.05) is 13.1 Å². The van der Waals surface area contributed by atoms with Gasteiger partial charge in [0.25, 0.3) is 5.89 Å². The monoisotopic (exact) mass is 282 g/mol. The third-order valence-electron chi connectivity index (χ3n) is 2.56. The molecule has 19 heavy (non-hydrogen) atoms. The van der Waals surface area contributed by atoms with Gasteiger partial charge in [0.05, 0.1) is 17.6 Å². The highest BCUT2D eigenvalue weighted by atomic mass is 32.2. The van der Waals surface area contributed by atoms with Crippen LogP contribution in [0.15, 0.2) is 16.9 Å². The molecule has 0 radical (unpaired) electrons. The second kappa shape index (κ2) is 6.60. The topological polar surface area (TPSA) is 66.0 Å². The Kier molecular flexibility index (Phi) is 4.84. The fourth-order valence-corrected chi connectivity index (χ4v) is 2.30. The maximum atomic E-state index is 5.54. The van der Waals surface area contributed by atoms with Crippen LogP contribution in [0.2, 0.25) is 0 Å². The summed E-state index contributed by atoms with van der Waals surface area (Å²) in [6.45, 7) is 7.28. The molecule has 0 bridgehead atoms. The van der Waals surface area contributed by atoms with Crippen molar-refractivity contribution in [1.29, 1.82) is 0 Å². The van der Waals surface area contributed by atoms with Crippen LogP contribution < -0.4 is 4.74 Å². The van der Waals surface area contributed by atoms with Crippen LogP contribution in [-0.4, -0.2) is 25.7 Å². The molecule has 0 unspecified atom stereocenters. The Hall–Kier alpha value is -1.50. The summed E-state index contributed by atoms with van der Waals surface area (Å²) in [5, 5.41) is 8.33. The molecule has 1 atom stereocenters. The summed E-state index contributed by atoms with van der Waals surface area (Å²) in [7, 11) is 0. The smallest absolute Gasteiger partial charge is 0.264 e. The summed E-state index contributed by atoms with van der Waals surface area (Å²) in [6, 6.07) is 0. The molecule has 0 spiro atoms. The molecule has 0 aliphatic carbocycles. The second-order valence-corrected chi connectivity index (χ2v) is 5.58. The summed E-state index contributed by atoms with van der Waals surface area (Å²) in [4.78, 5) is 4.32. The number of aromatic nitrogens is 4. The van der Waals surface area contributed by atoms with E-state index in [9.17, 15) is 0 Å². The molecule has 0 saturated heterocycles. The normalized spacial score (nSPS) is 12.6. The fraction of sp³-hybridized carbons (Fsp3) is 0.583. The Labute approximate surface area is 116 Å². The van der Waals surface area contributed by atoms with Gasteiger partial charge < -0.3 is 9.26 Å². The van der Waals surface area contributed by atoms with E-state index >= 15 is 0 Å². The first-order valence-corrected chi connectivity index (χ1v) is 7.37. The van der Waals surface area contributed by atoms with Crippen LogP contribution in [0.5, 0.6) is 5.75 Å². The molecule has 2 aromatic heterocycles. The Morgan fingerprint density at radius 2 is 2.32 bits per heavy atom. The van der Waals surface area contributed by atoms with Crippen LogP contribution in [0.4, 0.5) is 0 Å². The molecule has 0 N–H and O–H groups in total. The largest absolute Gasteiger partial charge is 0.480 e. The van der Waals surface area contributed by atoms with Crippen LogP contribution in [0, 0.1) is 0 Å². The second-order valence-electron chi connectivity index (χ2n) is 3.96. The average molecular weight is 282 g/mol. The molecule has 0 amide bonds. The average Bonchev–Trinajstić information content (AvgIpc) is 3.06. The third kappa shape index (κ3) is 3.73. The van der Waals surface area contributed by atoms with Crippen molar-refractivity contribution in [2.75, 3.05) is 5.75 Å². The Bertz CT molecular complexity index is 511. The van der Waals surface area contributed by atoms with Gasteiger partial charge in [-0.15, -0.1) is 0 Å². The van der Waals surface area contributed by atoms with Gasteiger partial charge in [0.15, 0.2) is 18.2 Å². The van der Waals surface area contributed by atoms with Crippen LogP contribution in [-0.2, 0) is 13.2 Å². The maximum absolute atomic E-state index is 5.54. The first kappa shape index (κ1) is 13.9. The van der Waals surface area contributed by atoms with Crippen molar-refractivity contribution in [3.05, 3.63) is 24.1 Å². The zero-order chi connectivity index (χ0) is 13.7. The van der Waals surface area contributed by atoms with E-state index in [4.69, 9.17) is 9.26 Å². The van der Waals surface area contributed by atoms with Crippen LogP contribution >= 0.6 is 11.8 Å². The van der Waals surface area contributed by atoms with E-state index in [0.717, 1.165) is 18.1 Å². The lowest BCUT2D eigenvalue weighted by atomic mass is 10.4. The van der Waals surface area contributed by atoms with Crippen molar-refractivity contribution in [3.63, 3.8) is 0 Å². The summed E-state index contributed by atoms with van der Waals surface area (Å²) in [6.07, 6.45) is 3.52. The number of nitrogens with zero attached hydrogens (tertiary/aromatic N) is 4. The Balaban J connectivity index is 1.89. The first-order valence-electron chi connectivity index (χ1n) is 6.32. The van der Waals surface area contributed by atoms with Gasteiger partial charge in [-0.1, -0.05) is 12.1 Å². The molecule has 2 aromatic rings. The van der Waals surface area contributed by atoms with Crippen molar-refractivity contribution in [2.45, 2.75) is 39.2 Å². The minimum Gasteiger partial charge on any atom is -0.480 e. The SMILES string of the molecule is CCS[C@H](C)c1noc(COc2cnn(CC)c2)n1. The standard InChI is InChI=1S/C12H18N4O2S/c1-4-16-7-10(6-13-16)17-8-11-14-12(15-18-11)9(3)19-5-2/h6-7,9H,4-5,8H2,1-3H3/t9-/m1/s1. The minimum atomic E-state index is 0.241. The number of aryl methyl sites for hydroxylation is 1. The molecular weight excluding hydrogens is 264 g/mol. The van der Waals surface area contributed by atoms with Crippen molar-refractivity contribution in [1.82, 2.24) is 19.9 Å². The van der Waals surface area contributed by atoms with Crippen LogP contribution in [0.3, 0.4) is 0 Å². The van der Waals surface area contributed by atoms with E-state index in [2.05, 4.69) is 29.1 Å². The highest BCUT2D eigenvalue weighted by Crippen LogP contribution is 2.25. The summed E-state index contributed by atoms with van der Waals surface area (Å²) < 4.78 is 12.5. The van der Waals surface area contributed by atoms with Gasteiger partial charge in [0.1, 0.15) is 0 Å². The fourth-order valence-electron chi connectivity index (χ4n) is 1.55. The molecule has 2 rings (SSSR count). The van der Waals surface area contributed by atoms with Gasteiger partial charge in [0, 0.05) is 6.54 Å². The summed E-state index contributed by atoms with van der Waals surface area (Å²) >= 11 is 1.78. The van der Waals surface area contributed by atoms with E-state index in [0.29, 0.717) is 11.6 Å². The van der Waals surface area contributed by atoms with E-state index < -0.39 is 0 Å². The number of hydrogen-bond donors (Lipinski definition) is 0. The van der Waals surface area contributed by atoms with Gasteiger partial charge in [-0.3, -0.25) is 4.68 Å². The molecule has 0 aliphatic rings. The quantitative estimate of drug-likeness (QED) is 0.778. The molecule has 0 aliphatic heterocycles. The van der Waals surface area contributed by atoms with Gasteiger partial charge in [0.2, 0.25) is 0 Å². The summed E-state index contributed by atoms with van der Waals surface area (Å²) in [5.74, 6) is 2.94. The first-order chi connectivity index (χ1) is 9.22. The van der Waals surface area contributed by atoms with Crippen molar-refractivity contribution in [3.8, 4) is 5.75 Å². The van der Waals surface area contributed by atoms with Crippen molar-refractivity contribution in [2.24, 2.45) is 0 Å². The van der Waals surface area contributed by atoms with Crippen molar-refractivity contribution >= 4 is 11.8 Å². The van der Waals surface area contributed by atoms with E-state index in [-0.39, 0.29) is 11.9 Å². The van der Waals surface area contributed by atoms with Gasteiger partial charge in [-0.2, -0.15) is 21.8 Å². The highest BCUT2D eigenvalue weighted by molar-refractivity contribution is 7.99. The van der Waals surface area contributed by atoms with E-state index in [1.165, 1.54) is 0 Å².